The minimum Gasteiger partial charge on any atom is -0.472 e. The molecule has 1 aliphatic rings. The van der Waals surface area contributed by atoms with Gasteiger partial charge in [0.2, 0.25) is 5.91 Å². The second-order valence-corrected chi connectivity index (χ2v) is 4.44. The molecule has 2 aromatic rings. The van der Waals surface area contributed by atoms with Crippen molar-refractivity contribution >= 4 is 17.5 Å². The fraction of sp³-hybridized carbons (Fsp3) is 0.143. The minimum absolute atomic E-state index is 0.190. The second kappa shape index (κ2) is 4.28. The number of hydrogen-bond donors (Lipinski definition) is 1. The lowest BCUT2D eigenvalue weighted by Crippen LogP contribution is -2.32. The first-order valence-electron chi connectivity index (χ1n) is 5.91. The van der Waals surface area contributed by atoms with E-state index >= 15 is 0 Å². The van der Waals surface area contributed by atoms with E-state index in [1.54, 1.807) is 11.0 Å². The van der Waals surface area contributed by atoms with Crippen LogP contribution in [0.5, 0.6) is 0 Å². The van der Waals surface area contributed by atoms with Crippen LogP contribution in [0.25, 0.3) is 0 Å². The van der Waals surface area contributed by atoms with Crippen LogP contribution < -0.4 is 10.6 Å². The molecule has 5 heteroatoms. The molecule has 0 bridgehead atoms. The first kappa shape index (κ1) is 11.5. The maximum absolute atomic E-state index is 12.4. The highest BCUT2D eigenvalue weighted by Gasteiger charge is 2.35. The Morgan fingerprint density at radius 1 is 1.26 bits per heavy atom. The van der Waals surface area contributed by atoms with Crippen LogP contribution in [0.3, 0.4) is 0 Å². The molecule has 5 nitrogen and oxygen atoms in total. The summed E-state index contributed by atoms with van der Waals surface area (Å²) in [5.41, 5.74) is 7.39. The molecule has 1 unspecified atom stereocenters. The number of hydrogen-bond acceptors (Lipinski definition) is 3. The number of amides is 2. The summed E-state index contributed by atoms with van der Waals surface area (Å²) in [7, 11) is 0. The molecule has 0 saturated carbocycles. The van der Waals surface area contributed by atoms with E-state index < -0.39 is 11.8 Å². The van der Waals surface area contributed by atoms with Crippen LogP contribution in [0.15, 0.2) is 47.3 Å². The summed E-state index contributed by atoms with van der Waals surface area (Å²) < 4.78 is 4.92. The fourth-order valence-electron chi connectivity index (χ4n) is 2.38. The largest absolute Gasteiger partial charge is 0.472 e. The van der Waals surface area contributed by atoms with Crippen LogP contribution in [0.2, 0.25) is 0 Å². The fourth-order valence-corrected chi connectivity index (χ4v) is 2.38. The van der Waals surface area contributed by atoms with E-state index in [9.17, 15) is 9.59 Å². The van der Waals surface area contributed by atoms with Crippen LogP contribution in [-0.2, 0) is 4.79 Å². The Morgan fingerprint density at radius 3 is 2.74 bits per heavy atom. The molecule has 1 aliphatic heterocycles. The minimum atomic E-state index is -0.452. The molecule has 2 heterocycles. The molecule has 3 rings (SSSR count). The number of nitrogens with zero attached hydrogens (tertiary/aromatic N) is 1. The maximum Gasteiger partial charge on any atom is 0.261 e. The zero-order chi connectivity index (χ0) is 13.4. The summed E-state index contributed by atoms with van der Waals surface area (Å²) in [5, 5.41) is 0. The van der Waals surface area contributed by atoms with E-state index in [4.69, 9.17) is 10.2 Å². The van der Waals surface area contributed by atoms with E-state index in [-0.39, 0.29) is 12.5 Å². The zero-order valence-electron chi connectivity index (χ0n) is 10.1. The molecule has 2 N–H and O–H groups in total. The number of carbonyl (C=O) groups is 2. The number of para-hydroxylation sites is 1. The van der Waals surface area contributed by atoms with Crippen molar-refractivity contribution in [3.8, 4) is 0 Å². The van der Waals surface area contributed by atoms with Gasteiger partial charge in [-0.2, -0.15) is 0 Å². The molecule has 0 spiro atoms. The lowest BCUT2D eigenvalue weighted by atomic mass is 10.0. The molecule has 19 heavy (non-hydrogen) atoms. The van der Waals surface area contributed by atoms with Crippen LogP contribution in [-0.4, -0.2) is 18.4 Å². The topological polar surface area (TPSA) is 76.5 Å². The third-order valence-electron chi connectivity index (χ3n) is 3.32. The Bertz CT molecular complexity index is 634. The molecular weight excluding hydrogens is 244 g/mol. The Kier molecular flexibility index (Phi) is 2.59. The van der Waals surface area contributed by atoms with Gasteiger partial charge >= 0.3 is 0 Å². The first-order chi connectivity index (χ1) is 9.18. The maximum atomic E-state index is 12.4. The van der Waals surface area contributed by atoms with E-state index in [0.717, 1.165) is 11.3 Å². The monoisotopic (exact) mass is 256 g/mol. The van der Waals surface area contributed by atoms with Crippen molar-refractivity contribution in [1.29, 1.82) is 0 Å². The molecule has 1 atom stereocenters. The van der Waals surface area contributed by atoms with Gasteiger partial charge in [-0.15, -0.1) is 0 Å². The number of primary amides is 1. The Morgan fingerprint density at radius 2 is 2.05 bits per heavy atom. The predicted molar refractivity (Wildman–Crippen MR) is 68.8 cm³/mol. The molecule has 1 aromatic carbocycles. The molecule has 96 valence electrons. The van der Waals surface area contributed by atoms with Crippen LogP contribution >= 0.6 is 0 Å². The number of benzene rings is 1. The summed E-state index contributed by atoms with van der Waals surface area (Å²) >= 11 is 0. The summed E-state index contributed by atoms with van der Waals surface area (Å²) in [6.45, 7) is 0.276. The SMILES string of the molecule is NC(=O)C1CN(C(=O)c2ccoc2)c2ccccc21. The number of rotatable bonds is 2. The normalized spacial score (nSPS) is 17.3. The van der Waals surface area contributed by atoms with Crippen molar-refractivity contribution in [2.45, 2.75) is 5.92 Å². The zero-order valence-corrected chi connectivity index (χ0v) is 10.1. The van der Waals surface area contributed by atoms with Crippen molar-refractivity contribution in [1.82, 2.24) is 0 Å². The highest BCUT2D eigenvalue weighted by atomic mass is 16.3. The van der Waals surface area contributed by atoms with Crippen molar-refractivity contribution in [3.05, 3.63) is 54.0 Å². The van der Waals surface area contributed by atoms with Crippen LogP contribution in [0, 0.1) is 0 Å². The summed E-state index contributed by atoms with van der Waals surface area (Å²) in [5.74, 6) is -1.06. The average Bonchev–Trinajstić information content (AvgIpc) is 3.05. The van der Waals surface area contributed by atoms with E-state index in [2.05, 4.69) is 0 Å². The van der Waals surface area contributed by atoms with Crippen molar-refractivity contribution in [2.75, 3.05) is 11.4 Å². The highest BCUT2D eigenvalue weighted by molar-refractivity contribution is 6.08. The molecular formula is C14H12N2O3. The third-order valence-corrected chi connectivity index (χ3v) is 3.32. The van der Waals surface area contributed by atoms with E-state index in [1.165, 1.54) is 12.5 Å². The van der Waals surface area contributed by atoms with Crippen molar-refractivity contribution in [2.24, 2.45) is 5.73 Å². The van der Waals surface area contributed by atoms with Gasteiger partial charge < -0.3 is 15.1 Å². The summed E-state index contributed by atoms with van der Waals surface area (Å²) in [6, 6.07) is 8.91. The van der Waals surface area contributed by atoms with Gasteiger partial charge in [0.05, 0.1) is 17.7 Å². The predicted octanol–water partition coefficient (Wildman–Crippen LogP) is 1.51. The van der Waals surface area contributed by atoms with Crippen LogP contribution in [0.1, 0.15) is 21.8 Å². The lowest BCUT2D eigenvalue weighted by molar-refractivity contribution is -0.119. The average molecular weight is 256 g/mol. The van der Waals surface area contributed by atoms with Gasteiger partial charge in [0.1, 0.15) is 6.26 Å². The van der Waals surface area contributed by atoms with Gasteiger partial charge in [0.15, 0.2) is 0 Å². The Balaban J connectivity index is 2.01. The number of furan rings is 1. The van der Waals surface area contributed by atoms with Gasteiger partial charge in [-0.25, -0.2) is 0 Å². The molecule has 2 amide bonds. The van der Waals surface area contributed by atoms with Gasteiger partial charge in [-0.1, -0.05) is 18.2 Å². The second-order valence-electron chi connectivity index (χ2n) is 4.44. The number of nitrogens with two attached hydrogens (primary N) is 1. The molecule has 0 saturated heterocycles. The Hall–Kier alpha value is -2.56. The van der Waals surface area contributed by atoms with E-state index in [1.807, 2.05) is 24.3 Å². The van der Waals surface area contributed by atoms with Gasteiger partial charge in [0.25, 0.3) is 5.91 Å². The lowest BCUT2D eigenvalue weighted by Gasteiger charge is -2.16. The van der Waals surface area contributed by atoms with Gasteiger partial charge in [-0.3, -0.25) is 9.59 Å². The number of carbonyl (C=O) groups excluding carboxylic acids is 2. The highest BCUT2D eigenvalue weighted by Crippen LogP contribution is 2.36. The molecule has 1 aromatic heterocycles. The summed E-state index contributed by atoms with van der Waals surface area (Å²) in [6.07, 6.45) is 2.84. The molecule has 0 radical (unpaired) electrons. The van der Waals surface area contributed by atoms with Gasteiger partial charge in [0, 0.05) is 12.2 Å². The molecule has 0 fully saturated rings. The third kappa shape index (κ3) is 1.79. The summed E-state index contributed by atoms with van der Waals surface area (Å²) in [4.78, 5) is 25.4. The van der Waals surface area contributed by atoms with E-state index in [0.29, 0.717) is 5.56 Å². The van der Waals surface area contributed by atoms with Crippen LogP contribution in [0.4, 0.5) is 5.69 Å². The van der Waals surface area contributed by atoms with Gasteiger partial charge in [-0.05, 0) is 17.7 Å². The smallest absolute Gasteiger partial charge is 0.261 e. The number of fused-ring (bicyclic) bond motifs is 1. The van der Waals surface area contributed by atoms with Crippen molar-refractivity contribution in [3.63, 3.8) is 0 Å². The number of anilines is 1. The van der Waals surface area contributed by atoms with Crippen molar-refractivity contribution < 1.29 is 14.0 Å². The molecule has 0 aliphatic carbocycles. The first-order valence-corrected chi connectivity index (χ1v) is 5.91. The standard InChI is InChI=1S/C14H12N2O3/c15-13(17)11-7-16(12-4-2-1-3-10(11)12)14(18)9-5-6-19-8-9/h1-6,8,11H,7H2,(H2,15,17). The Labute approximate surface area is 109 Å². The quantitative estimate of drug-likeness (QED) is 0.884.